The number of rotatable bonds is 11. The van der Waals surface area contributed by atoms with Crippen LogP contribution in [-0.4, -0.2) is 86.6 Å². The fourth-order valence-electron chi connectivity index (χ4n) is 1.12. The van der Waals surface area contributed by atoms with Gasteiger partial charge in [0.05, 0.1) is 6.61 Å². The highest BCUT2D eigenvalue weighted by molar-refractivity contribution is 5.76. The van der Waals surface area contributed by atoms with E-state index in [2.05, 4.69) is 4.99 Å². The molecule has 29 heavy (non-hydrogen) atoms. The molecule has 0 aliphatic rings. The molecule has 3 unspecified atom stereocenters. The molecular weight excluding hydrogens is 396 g/mol. The summed E-state index contributed by atoms with van der Waals surface area (Å²) in [6, 6.07) is -3.00. The minimum Gasteiger partial charge on any atom is -0.481 e. The quantitative estimate of drug-likeness (QED) is 0.0857. The number of aliphatic carboxylic acids is 4. The van der Waals surface area contributed by atoms with Gasteiger partial charge in [-0.05, 0) is 19.3 Å². The van der Waals surface area contributed by atoms with Crippen LogP contribution in [0.3, 0.4) is 0 Å². The first-order valence-electron chi connectivity index (χ1n) is 8.09. The van der Waals surface area contributed by atoms with Crippen molar-refractivity contribution >= 4 is 29.8 Å². The molecule has 170 valence electrons. The van der Waals surface area contributed by atoms with Crippen LogP contribution in [0.5, 0.6) is 0 Å². The Kier molecular flexibility index (Phi) is 19.4. The van der Waals surface area contributed by atoms with E-state index in [0.717, 1.165) is 0 Å². The highest BCUT2D eigenvalue weighted by atomic mass is 16.4. The number of aliphatic hydroxyl groups is 1. The molecule has 0 saturated carbocycles. The van der Waals surface area contributed by atoms with Gasteiger partial charge >= 0.3 is 23.9 Å². The number of hydrogen-bond donors (Lipinski definition) is 10. The maximum absolute atomic E-state index is 10.2. The van der Waals surface area contributed by atoms with Crippen molar-refractivity contribution in [3.8, 4) is 0 Å². The third kappa shape index (κ3) is 25.0. The van der Waals surface area contributed by atoms with Gasteiger partial charge in [0.15, 0.2) is 5.96 Å². The van der Waals surface area contributed by atoms with Crippen molar-refractivity contribution in [2.45, 2.75) is 43.8 Å². The van der Waals surface area contributed by atoms with Crippen molar-refractivity contribution in [3.05, 3.63) is 0 Å². The van der Waals surface area contributed by atoms with Crippen molar-refractivity contribution < 1.29 is 44.7 Å². The van der Waals surface area contributed by atoms with E-state index in [1.807, 2.05) is 0 Å². The van der Waals surface area contributed by atoms with Crippen LogP contribution in [0.1, 0.15) is 25.7 Å². The van der Waals surface area contributed by atoms with Gasteiger partial charge in [0, 0.05) is 13.0 Å². The summed E-state index contributed by atoms with van der Waals surface area (Å²) in [6.07, 6.45) is 0.732. The van der Waals surface area contributed by atoms with E-state index in [4.69, 9.17) is 54.2 Å². The van der Waals surface area contributed by atoms with Gasteiger partial charge in [0.25, 0.3) is 0 Å². The fourth-order valence-corrected chi connectivity index (χ4v) is 1.12. The van der Waals surface area contributed by atoms with Gasteiger partial charge in [0.2, 0.25) is 0 Å². The lowest BCUT2D eigenvalue weighted by Crippen LogP contribution is -2.33. The van der Waals surface area contributed by atoms with E-state index in [-0.39, 0.29) is 18.8 Å². The fraction of sp³-hybridized carbons (Fsp3) is 0.643. The Balaban J connectivity index is -0.000000362. The van der Waals surface area contributed by atoms with Crippen LogP contribution in [0.4, 0.5) is 0 Å². The van der Waals surface area contributed by atoms with Gasteiger partial charge in [-0.1, -0.05) is 0 Å². The monoisotopic (exact) mass is 426 g/mol. The minimum absolute atomic E-state index is 0.0129. The van der Waals surface area contributed by atoms with Crippen LogP contribution in [0, 0.1) is 0 Å². The maximum Gasteiger partial charge on any atom is 0.322 e. The summed E-state index contributed by atoms with van der Waals surface area (Å²) >= 11 is 0. The van der Waals surface area contributed by atoms with Crippen LogP contribution >= 0.6 is 0 Å². The van der Waals surface area contributed by atoms with E-state index in [1.165, 1.54) is 0 Å². The zero-order valence-electron chi connectivity index (χ0n) is 15.7. The highest BCUT2D eigenvalue weighted by Crippen LogP contribution is 1.94. The van der Waals surface area contributed by atoms with Crippen LogP contribution in [-0.2, 0) is 19.2 Å². The normalized spacial score (nSPS) is 12.6. The number of carboxylic acid groups (broad SMARTS) is 4. The number of nitrogens with two attached hydrogens (primary N) is 5. The Hall–Kier alpha value is -3.01. The number of carboxylic acids is 4. The molecule has 15 heteroatoms. The Labute approximate surface area is 166 Å². The van der Waals surface area contributed by atoms with Crippen LogP contribution in [0.25, 0.3) is 0 Å². The van der Waals surface area contributed by atoms with Crippen molar-refractivity contribution in [1.29, 1.82) is 0 Å². The molecule has 0 heterocycles. The smallest absolute Gasteiger partial charge is 0.322 e. The summed E-state index contributed by atoms with van der Waals surface area (Å²) in [5.74, 6) is -4.36. The summed E-state index contributed by atoms with van der Waals surface area (Å²) in [4.78, 5) is 43.4. The average molecular weight is 426 g/mol. The standard InChI is InChI=1S/C6H14N4O2.C5H9NO4.C3H7NO3/c7-4(5(11)12)2-1-3-10-6(8)9;6-3(5(9)10)1-2-4(7)8;4-2(1-5)3(6)7/h4H,1-3,7H2,(H,11,12)(H4,8,9,10);3H,1-2,6H2,(H,7,8)(H,9,10);2,5H,1,4H2,(H,6,7). The second-order valence-corrected chi connectivity index (χ2v) is 5.40. The second kappa shape index (κ2) is 18.4. The molecule has 0 aliphatic carbocycles. The first kappa shape index (κ1) is 30.7. The molecule has 0 aromatic heterocycles. The van der Waals surface area contributed by atoms with Gasteiger partial charge in [-0.2, -0.15) is 0 Å². The Morgan fingerprint density at radius 2 is 1.17 bits per heavy atom. The van der Waals surface area contributed by atoms with Crippen molar-refractivity contribution in [2.75, 3.05) is 13.2 Å². The number of aliphatic imine (C=N–C) groups is 1. The topological polar surface area (TPSA) is 312 Å². The van der Waals surface area contributed by atoms with E-state index < -0.39 is 48.6 Å². The van der Waals surface area contributed by atoms with E-state index in [0.29, 0.717) is 19.4 Å². The summed E-state index contributed by atoms with van der Waals surface area (Å²) in [6.45, 7) is -0.0847. The van der Waals surface area contributed by atoms with Crippen LogP contribution in [0.15, 0.2) is 4.99 Å². The van der Waals surface area contributed by atoms with E-state index in [1.54, 1.807) is 0 Å². The Morgan fingerprint density at radius 3 is 1.45 bits per heavy atom. The zero-order chi connectivity index (χ0) is 23.6. The molecule has 0 saturated heterocycles. The Morgan fingerprint density at radius 1 is 0.759 bits per heavy atom. The third-order valence-corrected chi connectivity index (χ3v) is 2.79. The average Bonchev–Trinajstić information content (AvgIpc) is 2.62. The molecule has 0 rings (SSSR count). The second-order valence-electron chi connectivity index (χ2n) is 5.40. The minimum atomic E-state index is -1.18. The number of nitrogens with zero attached hydrogens (tertiary/aromatic N) is 1. The summed E-state index contributed by atoms with van der Waals surface area (Å²) < 4.78 is 0. The molecule has 0 bridgehead atoms. The summed E-state index contributed by atoms with van der Waals surface area (Å²) in [5, 5.41) is 40.5. The van der Waals surface area contributed by atoms with E-state index >= 15 is 0 Å². The lowest BCUT2D eigenvalue weighted by atomic mass is 10.2. The molecule has 3 atom stereocenters. The third-order valence-electron chi connectivity index (χ3n) is 2.79. The molecule has 0 spiro atoms. The molecular formula is C14H30N6O9. The van der Waals surface area contributed by atoms with Crippen molar-refractivity contribution in [2.24, 2.45) is 33.7 Å². The first-order valence-corrected chi connectivity index (χ1v) is 8.09. The number of guanidine groups is 1. The largest absolute Gasteiger partial charge is 0.481 e. The lowest BCUT2D eigenvalue weighted by Gasteiger charge is -2.03. The molecule has 0 amide bonds. The SMILES string of the molecule is NC(CCC(=O)O)C(=O)O.NC(CO)C(=O)O.NC(N)=NCCCC(N)C(=O)O. The van der Waals surface area contributed by atoms with E-state index in [9.17, 15) is 19.2 Å². The van der Waals surface area contributed by atoms with Gasteiger partial charge < -0.3 is 54.2 Å². The number of hydrogen-bond acceptors (Lipinski definition) is 9. The predicted molar refractivity (Wildman–Crippen MR) is 101 cm³/mol. The molecule has 0 aromatic rings. The number of carbonyl (C=O) groups is 4. The molecule has 15 N–H and O–H groups in total. The number of aliphatic hydroxyl groups excluding tert-OH is 1. The first-order chi connectivity index (χ1) is 13.3. The molecule has 0 radical (unpaired) electrons. The molecule has 0 aromatic carbocycles. The van der Waals surface area contributed by atoms with Gasteiger partial charge in [-0.15, -0.1) is 0 Å². The lowest BCUT2D eigenvalue weighted by molar-refractivity contribution is -0.141. The van der Waals surface area contributed by atoms with Gasteiger partial charge in [-0.25, -0.2) is 0 Å². The molecule has 15 nitrogen and oxygen atoms in total. The van der Waals surface area contributed by atoms with Gasteiger partial charge in [0.1, 0.15) is 18.1 Å². The Bertz CT molecular complexity index is 540. The highest BCUT2D eigenvalue weighted by Gasteiger charge is 2.12. The predicted octanol–water partition coefficient (Wildman–Crippen LogP) is -3.89. The van der Waals surface area contributed by atoms with Crippen molar-refractivity contribution in [3.63, 3.8) is 0 Å². The zero-order valence-corrected chi connectivity index (χ0v) is 15.7. The summed E-state index contributed by atoms with van der Waals surface area (Å²) in [5.41, 5.74) is 25.1. The van der Waals surface area contributed by atoms with Crippen LogP contribution < -0.4 is 28.7 Å². The molecule has 0 aliphatic heterocycles. The van der Waals surface area contributed by atoms with Gasteiger partial charge in [-0.3, -0.25) is 24.2 Å². The van der Waals surface area contributed by atoms with Crippen LogP contribution in [0.2, 0.25) is 0 Å². The van der Waals surface area contributed by atoms with Crippen molar-refractivity contribution in [1.82, 2.24) is 0 Å². The maximum atomic E-state index is 10.2. The molecule has 0 fully saturated rings. The summed E-state index contributed by atoms with van der Waals surface area (Å²) in [7, 11) is 0.